The van der Waals surface area contributed by atoms with Crippen LogP contribution in [0.3, 0.4) is 0 Å². The molecule has 2 aliphatic heterocycles. The number of nitrogens with zero attached hydrogens (tertiary/aromatic N) is 2. The van der Waals surface area contributed by atoms with E-state index in [2.05, 4.69) is 4.90 Å². The largest absolute Gasteiger partial charge is 0.507 e. The number of rotatable bonds is 7. The van der Waals surface area contributed by atoms with Gasteiger partial charge in [-0.1, -0.05) is 0 Å². The van der Waals surface area contributed by atoms with Gasteiger partial charge in [0.15, 0.2) is 11.6 Å². The average molecular weight is 473 g/mol. The molecule has 1 aromatic carbocycles. The number of halogens is 1. The Morgan fingerprint density at radius 1 is 1.18 bits per heavy atom. The van der Waals surface area contributed by atoms with Crippen LogP contribution in [-0.4, -0.2) is 72.1 Å². The van der Waals surface area contributed by atoms with Gasteiger partial charge in [0, 0.05) is 31.7 Å². The number of hydrogen-bond acceptors (Lipinski definition) is 7. The number of carbonyl (C=O) groups excluding carboxylic acids is 2. The summed E-state index contributed by atoms with van der Waals surface area (Å²) in [4.78, 5) is 29.6. The molecule has 2 aliphatic rings. The molecule has 2 saturated heterocycles. The Bertz CT molecular complexity index is 1100. The van der Waals surface area contributed by atoms with Crippen LogP contribution in [0.5, 0.6) is 5.75 Å². The van der Waals surface area contributed by atoms with Crippen molar-refractivity contribution in [3.8, 4) is 5.75 Å². The standard InChI is InChI=1S/C25H29FN2O6/c1-15(2)33-19-7-5-17(14-18(19)26)23(29)21-22(20-6-4-16(3)34-20)28(25(31)24(21)30)9-8-27-10-12-32-13-11-27/h4-7,14-15,22,29H,8-13H2,1-3H3/t22-/m0/s1. The zero-order chi connectivity index (χ0) is 24.4. The van der Waals surface area contributed by atoms with Gasteiger partial charge >= 0.3 is 0 Å². The number of carbonyl (C=O) groups is 2. The van der Waals surface area contributed by atoms with Crippen molar-refractivity contribution in [2.75, 3.05) is 39.4 Å². The number of aliphatic hydroxyl groups is 1. The first-order chi connectivity index (χ1) is 16.3. The number of benzene rings is 1. The smallest absolute Gasteiger partial charge is 0.295 e. The third kappa shape index (κ3) is 4.85. The number of ether oxygens (including phenoxy) is 2. The number of morpholine rings is 1. The van der Waals surface area contributed by atoms with Gasteiger partial charge in [-0.05, 0) is 51.1 Å². The lowest BCUT2D eigenvalue weighted by Crippen LogP contribution is -2.42. The van der Waals surface area contributed by atoms with Gasteiger partial charge in [0.05, 0.1) is 24.9 Å². The van der Waals surface area contributed by atoms with Crippen molar-refractivity contribution in [3.05, 3.63) is 58.8 Å². The topological polar surface area (TPSA) is 92.5 Å². The van der Waals surface area contributed by atoms with Crippen LogP contribution in [-0.2, 0) is 14.3 Å². The van der Waals surface area contributed by atoms with E-state index in [1.54, 1.807) is 32.9 Å². The van der Waals surface area contributed by atoms with Gasteiger partial charge in [0.1, 0.15) is 23.3 Å². The first kappa shape index (κ1) is 24.0. The molecule has 0 aliphatic carbocycles. The summed E-state index contributed by atoms with van der Waals surface area (Å²) in [5.74, 6) is -1.69. The molecule has 2 fully saturated rings. The Morgan fingerprint density at radius 2 is 1.91 bits per heavy atom. The third-order valence-electron chi connectivity index (χ3n) is 5.90. The highest BCUT2D eigenvalue weighted by molar-refractivity contribution is 6.46. The summed E-state index contributed by atoms with van der Waals surface area (Å²) in [6.07, 6.45) is -0.229. The molecule has 1 amide bonds. The van der Waals surface area contributed by atoms with E-state index in [0.29, 0.717) is 31.3 Å². The molecule has 2 aromatic rings. The van der Waals surface area contributed by atoms with Crippen molar-refractivity contribution in [3.63, 3.8) is 0 Å². The molecule has 0 radical (unpaired) electrons. The van der Waals surface area contributed by atoms with Gasteiger partial charge in [-0.25, -0.2) is 4.39 Å². The quantitative estimate of drug-likeness (QED) is 0.376. The molecular weight excluding hydrogens is 443 g/mol. The van der Waals surface area contributed by atoms with E-state index in [0.717, 1.165) is 19.2 Å². The minimum absolute atomic E-state index is 0.0377. The van der Waals surface area contributed by atoms with Crippen LogP contribution >= 0.6 is 0 Å². The highest BCUT2D eigenvalue weighted by atomic mass is 19.1. The molecule has 4 rings (SSSR count). The van der Waals surface area contributed by atoms with Gasteiger partial charge in [-0.2, -0.15) is 0 Å². The van der Waals surface area contributed by atoms with Crippen LogP contribution in [0.25, 0.3) is 5.76 Å². The summed E-state index contributed by atoms with van der Waals surface area (Å²) in [6, 6.07) is 6.45. The number of aryl methyl sites for hydroxylation is 1. The summed E-state index contributed by atoms with van der Waals surface area (Å²) >= 11 is 0. The first-order valence-corrected chi connectivity index (χ1v) is 11.4. The molecule has 9 heteroatoms. The Kier molecular flexibility index (Phi) is 7.04. The molecule has 182 valence electrons. The van der Waals surface area contributed by atoms with Crippen molar-refractivity contribution >= 4 is 17.4 Å². The summed E-state index contributed by atoms with van der Waals surface area (Å²) in [5, 5.41) is 11.1. The summed E-state index contributed by atoms with van der Waals surface area (Å²) in [7, 11) is 0. The minimum Gasteiger partial charge on any atom is -0.507 e. The van der Waals surface area contributed by atoms with Crippen LogP contribution < -0.4 is 4.74 Å². The lowest BCUT2D eigenvalue weighted by molar-refractivity contribution is -0.140. The Hall–Kier alpha value is -3.17. The maximum Gasteiger partial charge on any atom is 0.295 e. The van der Waals surface area contributed by atoms with Crippen LogP contribution in [0.2, 0.25) is 0 Å². The molecule has 0 saturated carbocycles. The number of Topliss-reactive ketones (excluding diaryl/α,β-unsaturated/α-hetero) is 1. The Morgan fingerprint density at radius 3 is 2.53 bits per heavy atom. The number of amides is 1. The number of aliphatic hydroxyl groups excluding tert-OH is 1. The Labute approximate surface area is 197 Å². The zero-order valence-electron chi connectivity index (χ0n) is 19.5. The fourth-order valence-electron chi connectivity index (χ4n) is 4.23. The molecule has 8 nitrogen and oxygen atoms in total. The highest BCUT2D eigenvalue weighted by Crippen LogP contribution is 2.40. The maximum atomic E-state index is 14.6. The van der Waals surface area contributed by atoms with E-state index in [1.165, 1.54) is 17.0 Å². The summed E-state index contributed by atoms with van der Waals surface area (Å²) < 4.78 is 31.2. The molecule has 1 aromatic heterocycles. The van der Waals surface area contributed by atoms with Gasteiger partial charge in [0.2, 0.25) is 0 Å². The van der Waals surface area contributed by atoms with Gasteiger partial charge in [-0.3, -0.25) is 14.5 Å². The average Bonchev–Trinajstić information content (AvgIpc) is 3.34. The van der Waals surface area contributed by atoms with Gasteiger partial charge in [0.25, 0.3) is 11.7 Å². The molecule has 3 heterocycles. The molecule has 1 atom stereocenters. The monoisotopic (exact) mass is 472 g/mol. The molecule has 1 N–H and O–H groups in total. The zero-order valence-corrected chi connectivity index (χ0v) is 19.5. The predicted octanol–water partition coefficient (Wildman–Crippen LogP) is 3.27. The minimum atomic E-state index is -0.913. The van der Waals surface area contributed by atoms with E-state index in [-0.39, 0.29) is 29.5 Å². The Balaban J connectivity index is 1.70. The number of furan rings is 1. The summed E-state index contributed by atoms with van der Waals surface area (Å²) in [5.41, 5.74) is -0.0497. The lowest BCUT2D eigenvalue weighted by atomic mass is 9.99. The second-order valence-corrected chi connectivity index (χ2v) is 8.71. The normalized spacial score (nSPS) is 21.0. The van der Waals surface area contributed by atoms with Gasteiger partial charge in [-0.15, -0.1) is 0 Å². The van der Waals surface area contributed by atoms with E-state index in [4.69, 9.17) is 13.9 Å². The van der Waals surface area contributed by atoms with Crippen LogP contribution in [0.1, 0.15) is 37.0 Å². The lowest BCUT2D eigenvalue weighted by Gasteiger charge is -2.30. The molecule has 34 heavy (non-hydrogen) atoms. The van der Waals surface area contributed by atoms with Crippen LogP contribution in [0.15, 0.2) is 40.3 Å². The fourth-order valence-corrected chi connectivity index (χ4v) is 4.23. The number of hydrogen-bond donors (Lipinski definition) is 1. The van der Waals surface area contributed by atoms with Crippen LogP contribution in [0, 0.1) is 12.7 Å². The SMILES string of the molecule is Cc1ccc([C@H]2C(=C(O)c3ccc(OC(C)C)c(F)c3)C(=O)C(=O)N2CCN2CCOCC2)o1. The van der Waals surface area contributed by atoms with E-state index in [9.17, 15) is 19.1 Å². The van der Waals surface area contributed by atoms with Gasteiger partial charge < -0.3 is 23.9 Å². The predicted molar refractivity (Wildman–Crippen MR) is 122 cm³/mol. The van der Waals surface area contributed by atoms with Crippen LogP contribution in [0.4, 0.5) is 4.39 Å². The molecule has 0 spiro atoms. The molecular formula is C25H29FN2O6. The van der Waals surface area contributed by atoms with Crippen molar-refractivity contribution in [2.24, 2.45) is 0 Å². The van der Waals surface area contributed by atoms with E-state index >= 15 is 0 Å². The third-order valence-corrected chi connectivity index (χ3v) is 5.90. The fraction of sp³-hybridized carbons (Fsp3) is 0.440. The second kappa shape index (κ2) is 9.99. The molecule has 0 unspecified atom stereocenters. The van der Waals surface area contributed by atoms with Crippen molar-refractivity contribution in [1.82, 2.24) is 9.80 Å². The number of ketones is 1. The first-order valence-electron chi connectivity index (χ1n) is 11.4. The van der Waals surface area contributed by atoms with Crippen molar-refractivity contribution in [1.29, 1.82) is 0 Å². The number of likely N-dealkylation sites (tertiary alicyclic amines) is 1. The highest BCUT2D eigenvalue weighted by Gasteiger charge is 2.47. The van der Waals surface area contributed by atoms with Crippen molar-refractivity contribution < 1.29 is 33.0 Å². The van der Waals surface area contributed by atoms with Crippen molar-refractivity contribution in [2.45, 2.75) is 32.9 Å². The second-order valence-electron chi connectivity index (χ2n) is 8.71. The molecule has 0 bridgehead atoms. The van der Waals surface area contributed by atoms with E-state index in [1.807, 2.05) is 0 Å². The maximum absolute atomic E-state index is 14.6. The van der Waals surface area contributed by atoms with E-state index < -0.39 is 29.3 Å². The summed E-state index contributed by atoms with van der Waals surface area (Å²) in [6.45, 7) is 8.81.